The molecule has 1 aromatic carbocycles. The van der Waals surface area contributed by atoms with Crippen molar-refractivity contribution < 1.29 is 18.1 Å². The van der Waals surface area contributed by atoms with E-state index in [1.807, 2.05) is 6.92 Å². The molecule has 0 spiro atoms. The summed E-state index contributed by atoms with van der Waals surface area (Å²) in [6.07, 6.45) is -1.71. The van der Waals surface area contributed by atoms with Crippen molar-refractivity contribution in [1.82, 2.24) is 14.5 Å². The van der Waals surface area contributed by atoms with Gasteiger partial charge in [-0.1, -0.05) is 12.1 Å². The van der Waals surface area contributed by atoms with Crippen LogP contribution in [0.3, 0.4) is 0 Å². The van der Waals surface area contributed by atoms with Crippen molar-refractivity contribution in [3.63, 3.8) is 0 Å². The molecule has 0 unspecified atom stereocenters. The summed E-state index contributed by atoms with van der Waals surface area (Å²) < 4.78 is 38.7. The monoisotopic (exact) mass is 342 g/mol. The van der Waals surface area contributed by atoms with Gasteiger partial charge >= 0.3 is 6.18 Å². The molecule has 0 saturated carbocycles. The van der Waals surface area contributed by atoms with Crippen LogP contribution in [0.15, 0.2) is 36.7 Å². The SMILES string of the molecule is C[C@@H](c1cccc([N+](=O)[O-])c1)N(C)Cc1nccn1CC(F)(F)F. The van der Waals surface area contributed by atoms with E-state index in [1.165, 1.54) is 24.5 Å². The predicted molar refractivity (Wildman–Crippen MR) is 81.3 cm³/mol. The van der Waals surface area contributed by atoms with Gasteiger partial charge in [0.05, 0.1) is 11.5 Å². The number of non-ortho nitro benzene ring substituents is 1. The number of hydrogen-bond acceptors (Lipinski definition) is 4. The Kier molecular flexibility index (Phi) is 5.23. The van der Waals surface area contributed by atoms with E-state index in [4.69, 9.17) is 0 Å². The minimum atomic E-state index is -4.32. The number of nitro benzene ring substituents is 1. The molecule has 0 fully saturated rings. The van der Waals surface area contributed by atoms with Gasteiger partial charge in [-0.25, -0.2) is 4.98 Å². The van der Waals surface area contributed by atoms with E-state index in [2.05, 4.69) is 4.98 Å². The molecule has 9 heteroatoms. The summed E-state index contributed by atoms with van der Waals surface area (Å²) in [6.45, 7) is 0.921. The Morgan fingerprint density at radius 3 is 2.75 bits per heavy atom. The standard InChI is InChI=1S/C15H17F3N4O2/c1-11(12-4-3-5-13(8-12)22(23)24)20(2)9-14-19-6-7-21(14)10-15(16,17)18/h3-8,11H,9-10H2,1-2H3/t11-/m0/s1. The molecule has 0 N–H and O–H groups in total. The Labute approximate surface area is 136 Å². The molecular weight excluding hydrogens is 325 g/mol. The summed E-state index contributed by atoms with van der Waals surface area (Å²) in [7, 11) is 1.73. The van der Waals surface area contributed by atoms with Crippen molar-refractivity contribution in [2.24, 2.45) is 0 Å². The fraction of sp³-hybridized carbons (Fsp3) is 0.400. The van der Waals surface area contributed by atoms with Crippen LogP contribution < -0.4 is 0 Å². The van der Waals surface area contributed by atoms with Crippen LogP contribution in [0, 0.1) is 10.1 Å². The number of rotatable bonds is 6. The molecule has 2 rings (SSSR count). The Morgan fingerprint density at radius 1 is 1.42 bits per heavy atom. The third-order valence-corrected chi connectivity index (χ3v) is 3.77. The van der Waals surface area contributed by atoms with Crippen molar-refractivity contribution in [2.45, 2.75) is 32.2 Å². The van der Waals surface area contributed by atoms with E-state index < -0.39 is 17.6 Å². The minimum Gasteiger partial charge on any atom is -0.325 e. The van der Waals surface area contributed by atoms with E-state index in [1.54, 1.807) is 24.1 Å². The molecule has 1 atom stereocenters. The zero-order valence-corrected chi connectivity index (χ0v) is 13.2. The maximum atomic E-state index is 12.6. The summed E-state index contributed by atoms with van der Waals surface area (Å²) in [6, 6.07) is 5.97. The van der Waals surface area contributed by atoms with E-state index >= 15 is 0 Å². The molecule has 0 saturated heterocycles. The number of hydrogen-bond donors (Lipinski definition) is 0. The Bertz CT molecular complexity index is 715. The normalized spacial score (nSPS) is 13.2. The van der Waals surface area contributed by atoms with Gasteiger partial charge < -0.3 is 4.57 Å². The number of nitro groups is 1. The van der Waals surface area contributed by atoms with Crippen molar-refractivity contribution in [3.8, 4) is 0 Å². The molecule has 6 nitrogen and oxygen atoms in total. The molecule has 1 aromatic heterocycles. The lowest BCUT2D eigenvalue weighted by Gasteiger charge is -2.25. The second-order valence-electron chi connectivity index (χ2n) is 5.53. The first kappa shape index (κ1) is 17.9. The van der Waals surface area contributed by atoms with E-state index in [-0.39, 0.29) is 24.1 Å². The highest BCUT2D eigenvalue weighted by Gasteiger charge is 2.29. The van der Waals surface area contributed by atoms with E-state index in [9.17, 15) is 23.3 Å². The van der Waals surface area contributed by atoms with Crippen LogP contribution in [-0.2, 0) is 13.1 Å². The molecule has 0 bridgehead atoms. The van der Waals surface area contributed by atoms with Crippen molar-refractivity contribution in [3.05, 3.63) is 58.2 Å². The fourth-order valence-electron chi connectivity index (χ4n) is 2.34. The average Bonchev–Trinajstić information content (AvgIpc) is 2.91. The maximum Gasteiger partial charge on any atom is 0.406 e. The number of alkyl halides is 3. The molecule has 0 aliphatic carbocycles. The van der Waals surface area contributed by atoms with Crippen LogP contribution in [0.5, 0.6) is 0 Å². The summed E-state index contributed by atoms with van der Waals surface area (Å²) in [5.74, 6) is 0.284. The predicted octanol–water partition coefficient (Wildman–Crippen LogP) is 3.55. The third-order valence-electron chi connectivity index (χ3n) is 3.77. The van der Waals surface area contributed by atoms with Crippen molar-refractivity contribution in [1.29, 1.82) is 0 Å². The topological polar surface area (TPSA) is 64.2 Å². The summed E-state index contributed by atoms with van der Waals surface area (Å²) in [4.78, 5) is 16.1. The quantitative estimate of drug-likeness (QED) is 0.595. The van der Waals surface area contributed by atoms with Crippen LogP contribution in [0.25, 0.3) is 0 Å². The first-order valence-corrected chi connectivity index (χ1v) is 7.19. The molecule has 24 heavy (non-hydrogen) atoms. The van der Waals surface area contributed by atoms with Crippen LogP contribution in [-0.4, -0.2) is 32.6 Å². The van der Waals surface area contributed by atoms with E-state index in [0.717, 1.165) is 4.57 Å². The molecule has 2 aromatic rings. The number of imidazole rings is 1. The number of nitrogens with zero attached hydrogens (tertiary/aromatic N) is 4. The van der Waals surface area contributed by atoms with Gasteiger partial charge in [-0.05, 0) is 19.5 Å². The van der Waals surface area contributed by atoms with Gasteiger partial charge in [-0.3, -0.25) is 15.0 Å². The molecule has 1 heterocycles. The fourth-order valence-corrected chi connectivity index (χ4v) is 2.34. The van der Waals surface area contributed by atoms with Gasteiger partial charge in [0.1, 0.15) is 12.4 Å². The van der Waals surface area contributed by atoms with Gasteiger partial charge in [0, 0.05) is 30.6 Å². The first-order chi connectivity index (χ1) is 11.2. The van der Waals surface area contributed by atoms with E-state index in [0.29, 0.717) is 5.56 Å². The number of aromatic nitrogens is 2. The van der Waals surface area contributed by atoms with Crippen LogP contribution in [0.1, 0.15) is 24.4 Å². The Hall–Kier alpha value is -2.42. The minimum absolute atomic E-state index is 0.0219. The second kappa shape index (κ2) is 7.00. The zero-order chi connectivity index (χ0) is 17.9. The number of benzene rings is 1. The van der Waals surface area contributed by atoms with Gasteiger partial charge in [-0.2, -0.15) is 13.2 Å². The first-order valence-electron chi connectivity index (χ1n) is 7.19. The zero-order valence-electron chi connectivity index (χ0n) is 13.2. The van der Waals surface area contributed by atoms with Crippen LogP contribution >= 0.6 is 0 Å². The molecule has 0 radical (unpaired) electrons. The molecule has 130 valence electrons. The summed E-state index contributed by atoms with van der Waals surface area (Å²) >= 11 is 0. The van der Waals surface area contributed by atoms with Crippen molar-refractivity contribution >= 4 is 5.69 Å². The Balaban J connectivity index is 2.12. The van der Waals surface area contributed by atoms with Gasteiger partial charge in [-0.15, -0.1) is 0 Å². The molecular formula is C15H17F3N4O2. The lowest BCUT2D eigenvalue weighted by atomic mass is 10.1. The maximum absolute atomic E-state index is 12.6. The highest BCUT2D eigenvalue weighted by atomic mass is 19.4. The van der Waals surface area contributed by atoms with Gasteiger partial charge in [0.25, 0.3) is 5.69 Å². The van der Waals surface area contributed by atoms with Crippen LogP contribution in [0.4, 0.5) is 18.9 Å². The molecule has 0 aliphatic heterocycles. The van der Waals surface area contributed by atoms with Crippen LogP contribution in [0.2, 0.25) is 0 Å². The third kappa shape index (κ3) is 4.54. The molecule has 0 aliphatic rings. The average molecular weight is 342 g/mol. The van der Waals surface area contributed by atoms with Gasteiger partial charge in [0.2, 0.25) is 0 Å². The largest absolute Gasteiger partial charge is 0.406 e. The lowest BCUT2D eigenvalue weighted by molar-refractivity contribution is -0.384. The molecule has 0 amide bonds. The Morgan fingerprint density at radius 2 is 2.12 bits per heavy atom. The summed E-state index contributed by atoms with van der Waals surface area (Å²) in [5, 5.41) is 10.9. The van der Waals surface area contributed by atoms with Gasteiger partial charge in [0.15, 0.2) is 0 Å². The lowest BCUT2D eigenvalue weighted by Crippen LogP contribution is -2.26. The highest BCUT2D eigenvalue weighted by Crippen LogP contribution is 2.25. The summed E-state index contributed by atoms with van der Waals surface area (Å²) in [5.41, 5.74) is 0.687. The smallest absolute Gasteiger partial charge is 0.325 e. The highest BCUT2D eigenvalue weighted by molar-refractivity contribution is 5.35. The van der Waals surface area contributed by atoms with Crippen molar-refractivity contribution in [2.75, 3.05) is 7.05 Å². The second-order valence-corrected chi connectivity index (χ2v) is 5.53. The number of halogens is 3.